The molecule has 1 aromatic heterocycles. The molecular formula is C16H28ClN5. The maximum atomic E-state index is 4.41. The first-order chi connectivity index (χ1) is 10.2. The molecule has 2 saturated heterocycles. The highest BCUT2D eigenvalue weighted by Gasteiger charge is 2.32. The Morgan fingerprint density at radius 2 is 2.14 bits per heavy atom. The molecule has 5 nitrogen and oxygen atoms in total. The second-order valence-electron chi connectivity index (χ2n) is 6.93. The third kappa shape index (κ3) is 4.09. The van der Waals surface area contributed by atoms with Gasteiger partial charge in [-0.1, -0.05) is 6.92 Å². The van der Waals surface area contributed by atoms with E-state index in [4.69, 9.17) is 0 Å². The van der Waals surface area contributed by atoms with Crippen molar-refractivity contribution in [2.75, 3.05) is 44.7 Å². The Labute approximate surface area is 139 Å². The molecule has 0 radical (unpaired) electrons. The first-order valence-corrected chi connectivity index (χ1v) is 8.08. The summed E-state index contributed by atoms with van der Waals surface area (Å²) in [5, 5.41) is 3.50. The second-order valence-corrected chi connectivity index (χ2v) is 6.93. The van der Waals surface area contributed by atoms with Crippen molar-refractivity contribution in [3.8, 4) is 0 Å². The van der Waals surface area contributed by atoms with Gasteiger partial charge in [0.2, 0.25) is 0 Å². The highest BCUT2D eigenvalue weighted by molar-refractivity contribution is 5.85. The molecule has 1 N–H and O–H groups in total. The second kappa shape index (κ2) is 7.57. The van der Waals surface area contributed by atoms with E-state index in [0.717, 1.165) is 25.5 Å². The van der Waals surface area contributed by atoms with Crippen LogP contribution in [-0.2, 0) is 0 Å². The number of nitrogens with one attached hydrogen (secondary N) is 1. The van der Waals surface area contributed by atoms with E-state index < -0.39 is 0 Å². The lowest BCUT2D eigenvalue weighted by Crippen LogP contribution is -2.47. The van der Waals surface area contributed by atoms with Crippen molar-refractivity contribution < 1.29 is 0 Å². The predicted molar refractivity (Wildman–Crippen MR) is 92.7 cm³/mol. The van der Waals surface area contributed by atoms with Gasteiger partial charge in [0.15, 0.2) is 0 Å². The molecule has 3 heterocycles. The minimum absolute atomic E-state index is 0. The maximum Gasteiger partial charge on any atom is 0.147 e. The van der Waals surface area contributed by atoms with Gasteiger partial charge in [-0.15, -0.1) is 12.4 Å². The summed E-state index contributed by atoms with van der Waals surface area (Å²) in [5.74, 6) is 1.02. The molecule has 0 aromatic carbocycles. The summed E-state index contributed by atoms with van der Waals surface area (Å²) in [6.07, 6.45) is 9.13. The molecule has 6 heteroatoms. The Morgan fingerprint density at radius 1 is 1.36 bits per heavy atom. The highest BCUT2D eigenvalue weighted by atomic mass is 35.5. The topological polar surface area (TPSA) is 44.3 Å². The van der Waals surface area contributed by atoms with Crippen LogP contribution in [0.3, 0.4) is 0 Å². The number of halogens is 1. The van der Waals surface area contributed by atoms with Gasteiger partial charge in [0.05, 0.1) is 6.20 Å². The van der Waals surface area contributed by atoms with Crippen molar-refractivity contribution in [2.45, 2.75) is 32.2 Å². The fraction of sp³-hybridized carbons (Fsp3) is 0.750. The fourth-order valence-corrected chi connectivity index (χ4v) is 3.73. The van der Waals surface area contributed by atoms with Crippen LogP contribution in [0.1, 0.15) is 26.2 Å². The van der Waals surface area contributed by atoms with Crippen LogP contribution in [0.25, 0.3) is 0 Å². The quantitative estimate of drug-likeness (QED) is 0.914. The summed E-state index contributed by atoms with van der Waals surface area (Å²) in [6, 6.07) is 0.704. The minimum Gasteiger partial charge on any atom is -0.355 e. The smallest absolute Gasteiger partial charge is 0.147 e. The van der Waals surface area contributed by atoms with Gasteiger partial charge in [0.1, 0.15) is 5.82 Å². The van der Waals surface area contributed by atoms with Crippen LogP contribution in [0.5, 0.6) is 0 Å². The first-order valence-electron chi connectivity index (χ1n) is 8.08. The molecule has 1 aromatic rings. The van der Waals surface area contributed by atoms with Crippen LogP contribution in [0.15, 0.2) is 18.6 Å². The molecule has 0 amide bonds. The number of aromatic nitrogens is 2. The Hall–Kier alpha value is -0.910. The Balaban J connectivity index is 0.00000176. The average Bonchev–Trinajstić information content (AvgIpc) is 2.94. The van der Waals surface area contributed by atoms with Crippen molar-refractivity contribution >= 4 is 18.2 Å². The number of piperidine rings is 1. The summed E-state index contributed by atoms with van der Waals surface area (Å²) in [7, 11) is 2.30. The maximum absolute atomic E-state index is 4.41. The number of anilines is 1. The van der Waals surface area contributed by atoms with Gasteiger partial charge in [-0.05, 0) is 38.3 Å². The Bertz CT molecular complexity index is 441. The molecule has 1 unspecified atom stereocenters. The van der Waals surface area contributed by atoms with Crippen molar-refractivity contribution in [1.82, 2.24) is 20.2 Å². The first kappa shape index (κ1) is 17.4. The van der Waals surface area contributed by atoms with Gasteiger partial charge in [-0.3, -0.25) is 4.98 Å². The van der Waals surface area contributed by atoms with E-state index in [1.807, 2.05) is 6.20 Å². The third-order valence-corrected chi connectivity index (χ3v) is 5.05. The van der Waals surface area contributed by atoms with Gasteiger partial charge < -0.3 is 15.1 Å². The molecule has 2 aliphatic rings. The van der Waals surface area contributed by atoms with Crippen LogP contribution < -0.4 is 10.2 Å². The molecule has 0 aliphatic carbocycles. The lowest BCUT2D eigenvalue weighted by Gasteiger charge is -2.40. The highest BCUT2D eigenvalue weighted by Crippen LogP contribution is 2.28. The number of hydrogen-bond acceptors (Lipinski definition) is 5. The lowest BCUT2D eigenvalue weighted by atomic mass is 9.88. The summed E-state index contributed by atoms with van der Waals surface area (Å²) >= 11 is 0. The molecule has 0 saturated carbocycles. The number of nitrogens with zero attached hydrogens (tertiary/aromatic N) is 4. The van der Waals surface area contributed by atoms with Crippen LogP contribution in [0.4, 0.5) is 5.82 Å². The van der Waals surface area contributed by atoms with E-state index in [1.165, 1.54) is 32.4 Å². The molecule has 1 atom stereocenters. The summed E-state index contributed by atoms with van der Waals surface area (Å²) < 4.78 is 0. The molecule has 0 spiro atoms. The van der Waals surface area contributed by atoms with E-state index in [1.54, 1.807) is 12.4 Å². The van der Waals surface area contributed by atoms with Gasteiger partial charge in [0, 0.05) is 44.6 Å². The van der Waals surface area contributed by atoms with Crippen molar-refractivity contribution in [2.24, 2.45) is 5.41 Å². The fourth-order valence-electron chi connectivity index (χ4n) is 3.73. The zero-order valence-corrected chi connectivity index (χ0v) is 14.5. The largest absolute Gasteiger partial charge is 0.355 e. The van der Waals surface area contributed by atoms with Crippen molar-refractivity contribution in [3.63, 3.8) is 0 Å². The molecular weight excluding hydrogens is 298 g/mol. The molecule has 124 valence electrons. The molecule has 3 rings (SSSR count). The van der Waals surface area contributed by atoms with E-state index in [-0.39, 0.29) is 12.4 Å². The van der Waals surface area contributed by atoms with Gasteiger partial charge in [-0.2, -0.15) is 0 Å². The monoisotopic (exact) mass is 325 g/mol. The van der Waals surface area contributed by atoms with Crippen molar-refractivity contribution in [1.29, 1.82) is 0 Å². The zero-order valence-electron chi connectivity index (χ0n) is 13.7. The van der Waals surface area contributed by atoms with Crippen LogP contribution in [-0.4, -0.2) is 60.7 Å². The molecule has 22 heavy (non-hydrogen) atoms. The Morgan fingerprint density at radius 3 is 2.73 bits per heavy atom. The average molecular weight is 326 g/mol. The SMILES string of the molecule is CN(CC1(C)CCNC1)C1CCN(c2cnccn2)CC1.Cl. The van der Waals surface area contributed by atoms with E-state index in [2.05, 4.69) is 39.1 Å². The predicted octanol–water partition coefficient (Wildman–Crippen LogP) is 1.80. The summed E-state index contributed by atoms with van der Waals surface area (Å²) in [6.45, 7) is 8.13. The van der Waals surface area contributed by atoms with Crippen LogP contribution >= 0.6 is 12.4 Å². The van der Waals surface area contributed by atoms with Crippen molar-refractivity contribution in [3.05, 3.63) is 18.6 Å². The van der Waals surface area contributed by atoms with Crippen LogP contribution in [0.2, 0.25) is 0 Å². The summed E-state index contributed by atoms with van der Waals surface area (Å²) in [4.78, 5) is 13.5. The van der Waals surface area contributed by atoms with E-state index in [9.17, 15) is 0 Å². The normalized spacial score (nSPS) is 26.2. The molecule has 0 bridgehead atoms. The standard InChI is InChI=1S/C16H27N5.ClH/c1-16(5-6-18-12-16)13-20(2)14-3-9-21(10-4-14)15-11-17-7-8-19-15;/h7-8,11,14,18H,3-6,9-10,12-13H2,1-2H3;1H. The number of rotatable bonds is 4. The van der Waals surface area contributed by atoms with E-state index in [0.29, 0.717) is 11.5 Å². The van der Waals surface area contributed by atoms with Gasteiger partial charge >= 0.3 is 0 Å². The molecule has 2 fully saturated rings. The molecule has 2 aliphatic heterocycles. The zero-order chi connectivity index (χ0) is 14.7. The minimum atomic E-state index is 0. The lowest BCUT2D eigenvalue weighted by molar-refractivity contribution is 0.141. The summed E-state index contributed by atoms with van der Waals surface area (Å²) in [5.41, 5.74) is 0.455. The Kier molecular flexibility index (Phi) is 6.01. The van der Waals surface area contributed by atoms with E-state index >= 15 is 0 Å². The van der Waals surface area contributed by atoms with Gasteiger partial charge in [0.25, 0.3) is 0 Å². The third-order valence-electron chi connectivity index (χ3n) is 5.05. The number of hydrogen-bond donors (Lipinski definition) is 1. The van der Waals surface area contributed by atoms with Gasteiger partial charge in [-0.25, -0.2) is 4.98 Å². The van der Waals surface area contributed by atoms with Crippen LogP contribution in [0, 0.1) is 5.41 Å².